The molecule has 0 bridgehead atoms. The Morgan fingerprint density at radius 1 is 1.35 bits per heavy atom. The normalized spacial score (nSPS) is 17.9. The number of hydrogen-bond donors (Lipinski definition) is 1. The first-order valence-corrected chi connectivity index (χ1v) is 7.52. The van der Waals surface area contributed by atoms with Crippen LogP contribution in [0.25, 0.3) is 0 Å². The van der Waals surface area contributed by atoms with E-state index in [1.165, 1.54) is 32.1 Å². The van der Waals surface area contributed by atoms with Crippen LogP contribution >= 0.6 is 11.6 Å². The molecule has 4 nitrogen and oxygen atoms in total. The molecule has 0 spiro atoms. The van der Waals surface area contributed by atoms with Crippen LogP contribution in [0.5, 0.6) is 0 Å². The molecule has 0 aliphatic heterocycles. The highest BCUT2D eigenvalue weighted by molar-refractivity contribution is 6.32. The van der Waals surface area contributed by atoms with Gasteiger partial charge in [0.2, 0.25) is 0 Å². The molecular weight excluding hydrogens is 276 g/mol. The Morgan fingerprint density at radius 2 is 2.05 bits per heavy atom. The number of nitro benzene ring substituents is 1. The lowest BCUT2D eigenvalue weighted by Gasteiger charge is -2.33. The van der Waals surface area contributed by atoms with Gasteiger partial charge in [-0.05, 0) is 29.9 Å². The Kier molecular flexibility index (Phi) is 5.00. The summed E-state index contributed by atoms with van der Waals surface area (Å²) in [4.78, 5) is 10.4. The van der Waals surface area contributed by atoms with Crippen molar-refractivity contribution >= 4 is 17.3 Å². The minimum absolute atomic E-state index is 0.0187. The van der Waals surface area contributed by atoms with Crippen molar-refractivity contribution in [2.45, 2.75) is 45.6 Å². The summed E-state index contributed by atoms with van der Waals surface area (Å²) in [5, 5.41) is 14.5. The largest absolute Gasteiger partial charge is 0.312 e. The van der Waals surface area contributed by atoms with Crippen molar-refractivity contribution in [3.63, 3.8) is 0 Å². The molecule has 0 unspecified atom stereocenters. The monoisotopic (exact) mass is 296 g/mol. The number of rotatable bonds is 5. The number of halogens is 1. The molecule has 0 aromatic heterocycles. The van der Waals surface area contributed by atoms with Gasteiger partial charge in [-0.2, -0.15) is 0 Å². The van der Waals surface area contributed by atoms with Crippen LogP contribution in [-0.4, -0.2) is 11.5 Å². The van der Waals surface area contributed by atoms with E-state index in [4.69, 9.17) is 11.6 Å². The Balaban J connectivity index is 1.91. The zero-order chi connectivity index (χ0) is 14.6. The van der Waals surface area contributed by atoms with Gasteiger partial charge in [0.25, 0.3) is 5.69 Å². The summed E-state index contributed by atoms with van der Waals surface area (Å²) in [6, 6.07) is 4.99. The van der Waals surface area contributed by atoms with Crippen LogP contribution in [0.3, 0.4) is 0 Å². The van der Waals surface area contributed by atoms with E-state index in [0.29, 0.717) is 12.0 Å². The third kappa shape index (κ3) is 3.93. The molecule has 1 aromatic rings. The van der Waals surface area contributed by atoms with Crippen molar-refractivity contribution in [2.24, 2.45) is 5.41 Å². The van der Waals surface area contributed by atoms with Gasteiger partial charge in [0.15, 0.2) is 0 Å². The van der Waals surface area contributed by atoms with Crippen LogP contribution in [0.15, 0.2) is 18.2 Å². The standard InChI is InChI=1S/C15H21ClN2O2/c1-15(7-3-2-4-8-15)11-17-10-12-5-6-13(16)14(9-12)18(19)20/h5-6,9,17H,2-4,7-8,10-11H2,1H3. The van der Waals surface area contributed by atoms with Crippen molar-refractivity contribution < 1.29 is 4.92 Å². The molecule has 1 aromatic carbocycles. The summed E-state index contributed by atoms with van der Waals surface area (Å²) in [6.45, 7) is 3.93. The molecule has 1 saturated carbocycles. The summed E-state index contributed by atoms with van der Waals surface area (Å²) in [5.41, 5.74) is 1.26. The highest BCUT2D eigenvalue weighted by atomic mass is 35.5. The fourth-order valence-electron chi connectivity index (χ4n) is 2.90. The molecule has 2 rings (SSSR count). The van der Waals surface area contributed by atoms with E-state index in [0.717, 1.165) is 12.1 Å². The Morgan fingerprint density at radius 3 is 2.70 bits per heavy atom. The molecule has 0 heterocycles. The molecule has 1 aliphatic carbocycles. The topological polar surface area (TPSA) is 55.2 Å². The SMILES string of the molecule is CC1(CNCc2ccc(Cl)c([N+](=O)[O-])c2)CCCCC1. The van der Waals surface area contributed by atoms with Crippen LogP contribution in [0.1, 0.15) is 44.6 Å². The minimum Gasteiger partial charge on any atom is -0.312 e. The highest BCUT2D eigenvalue weighted by Gasteiger charge is 2.26. The molecule has 110 valence electrons. The van der Waals surface area contributed by atoms with Gasteiger partial charge in [-0.25, -0.2) is 0 Å². The van der Waals surface area contributed by atoms with E-state index < -0.39 is 4.92 Å². The number of nitrogens with one attached hydrogen (secondary N) is 1. The maximum atomic E-state index is 10.8. The Bertz CT molecular complexity index is 485. The molecule has 0 radical (unpaired) electrons. The van der Waals surface area contributed by atoms with Gasteiger partial charge in [0.1, 0.15) is 5.02 Å². The van der Waals surface area contributed by atoms with E-state index in [9.17, 15) is 10.1 Å². The third-order valence-corrected chi connectivity index (χ3v) is 4.47. The quantitative estimate of drug-likeness (QED) is 0.651. The van der Waals surface area contributed by atoms with Crippen molar-refractivity contribution in [1.29, 1.82) is 0 Å². The summed E-state index contributed by atoms with van der Waals surface area (Å²) in [6.07, 6.45) is 6.50. The molecule has 1 fully saturated rings. The van der Waals surface area contributed by atoms with Crippen molar-refractivity contribution in [2.75, 3.05) is 6.54 Å². The van der Waals surface area contributed by atoms with Crippen molar-refractivity contribution in [3.05, 3.63) is 38.9 Å². The predicted molar refractivity (Wildman–Crippen MR) is 81.0 cm³/mol. The summed E-state index contributed by atoms with van der Waals surface area (Å²) < 4.78 is 0. The first kappa shape index (κ1) is 15.3. The molecule has 1 aliphatic rings. The van der Waals surface area contributed by atoms with Gasteiger partial charge in [0.05, 0.1) is 4.92 Å². The van der Waals surface area contributed by atoms with Gasteiger partial charge in [-0.15, -0.1) is 0 Å². The van der Waals surface area contributed by atoms with Gasteiger partial charge in [-0.1, -0.05) is 43.9 Å². The highest BCUT2D eigenvalue weighted by Crippen LogP contribution is 2.35. The first-order chi connectivity index (χ1) is 9.50. The van der Waals surface area contributed by atoms with Gasteiger partial charge < -0.3 is 5.32 Å². The van der Waals surface area contributed by atoms with Crippen molar-refractivity contribution in [1.82, 2.24) is 5.32 Å². The van der Waals surface area contributed by atoms with Crippen LogP contribution in [-0.2, 0) is 6.54 Å². The third-order valence-electron chi connectivity index (χ3n) is 4.15. The number of benzene rings is 1. The lowest BCUT2D eigenvalue weighted by atomic mass is 9.76. The number of nitro groups is 1. The van der Waals surface area contributed by atoms with Gasteiger partial charge in [0, 0.05) is 19.2 Å². The van der Waals surface area contributed by atoms with Crippen LogP contribution in [0.2, 0.25) is 5.02 Å². The lowest BCUT2D eigenvalue weighted by Crippen LogP contribution is -2.33. The van der Waals surface area contributed by atoms with Crippen LogP contribution in [0.4, 0.5) is 5.69 Å². The summed E-state index contributed by atoms with van der Waals surface area (Å²) in [7, 11) is 0. The minimum atomic E-state index is -0.436. The zero-order valence-electron chi connectivity index (χ0n) is 11.8. The lowest BCUT2D eigenvalue weighted by molar-refractivity contribution is -0.384. The second-order valence-corrected chi connectivity index (χ2v) is 6.42. The van der Waals surface area contributed by atoms with E-state index in [1.807, 2.05) is 6.07 Å². The van der Waals surface area contributed by atoms with Crippen LogP contribution in [0, 0.1) is 15.5 Å². The molecular formula is C15H21ClN2O2. The maximum absolute atomic E-state index is 10.8. The Labute approximate surface area is 124 Å². The number of hydrogen-bond acceptors (Lipinski definition) is 3. The molecule has 0 amide bonds. The second-order valence-electron chi connectivity index (χ2n) is 6.02. The second kappa shape index (κ2) is 6.55. The van der Waals surface area contributed by atoms with Crippen LogP contribution < -0.4 is 5.32 Å². The molecule has 1 N–H and O–H groups in total. The Hall–Kier alpha value is -1.13. The molecule has 5 heteroatoms. The van der Waals surface area contributed by atoms with E-state index in [1.54, 1.807) is 12.1 Å². The zero-order valence-corrected chi connectivity index (χ0v) is 12.6. The number of nitrogens with zero attached hydrogens (tertiary/aromatic N) is 1. The maximum Gasteiger partial charge on any atom is 0.288 e. The first-order valence-electron chi connectivity index (χ1n) is 7.14. The predicted octanol–water partition coefficient (Wildman–Crippen LogP) is 4.31. The van der Waals surface area contributed by atoms with E-state index in [2.05, 4.69) is 12.2 Å². The fourth-order valence-corrected chi connectivity index (χ4v) is 3.09. The molecule has 20 heavy (non-hydrogen) atoms. The summed E-state index contributed by atoms with van der Waals surface area (Å²) >= 11 is 5.81. The van der Waals surface area contributed by atoms with E-state index in [-0.39, 0.29) is 10.7 Å². The van der Waals surface area contributed by atoms with Gasteiger partial charge in [-0.3, -0.25) is 10.1 Å². The smallest absolute Gasteiger partial charge is 0.288 e. The molecule has 0 saturated heterocycles. The summed E-state index contributed by atoms with van der Waals surface area (Å²) in [5.74, 6) is 0. The van der Waals surface area contributed by atoms with Crippen molar-refractivity contribution in [3.8, 4) is 0 Å². The molecule has 0 atom stereocenters. The van der Waals surface area contributed by atoms with Gasteiger partial charge >= 0.3 is 0 Å². The van der Waals surface area contributed by atoms with E-state index >= 15 is 0 Å². The average Bonchev–Trinajstić information content (AvgIpc) is 2.41. The fraction of sp³-hybridized carbons (Fsp3) is 0.600. The average molecular weight is 297 g/mol.